The highest BCUT2D eigenvalue weighted by atomic mass is 19.1. The van der Waals surface area contributed by atoms with Crippen molar-refractivity contribution >= 4 is 6.09 Å². The van der Waals surface area contributed by atoms with Gasteiger partial charge in [-0.3, -0.25) is 9.88 Å². The van der Waals surface area contributed by atoms with Gasteiger partial charge in [-0.1, -0.05) is 44.2 Å². The minimum absolute atomic E-state index is 0.404. The molecule has 2 heterocycles. The molecule has 7 heteroatoms. The van der Waals surface area contributed by atoms with Crippen LogP contribution in [0.5, 0.6) is 0 Å². The van der Waals surface area contributed by atoms with Gasteiger partial charge >= 0.3 is 6.09 Å². The van der Waals surface area contributed by atoms with Crippen LogP contribution in [-0.2, 0) is 16.0 Å². The van der Waals surface area contributed by atoms with Gasteiger partial charge < -0.3 is 14.8 Å². The van der Waals surface area contributed by atoms with Crippen LogP contribution in [0.4, 0.5) is 9.18 Å². The van der Waals surface area contributed by atoms with Crippen molar-refractivity contribution in [3.63, 3.8) is 0 Å². The summed E-state index contributed by atoms with van der Waals surface area (Å²) in [7, 11) is 0. The standard InChI is InChI=1S/C26H36FN3O3/c1-17(2)28-16-21-13-12-20(15-29-21)18-8-10-19(11-9-18)23-22(14-27)30(26(6,7)32-23)24(31)33-25(3,4)5/h8-13,15,17,22-23,28H,14,16H2,1-7H3/t22-,23+/m0/s1. The van der Waals surface area contributed by atoms with Crippen molar-refractivity contribution in [2.75, 3.05) is 6.67 Å². The van der Waals surface area contributed by atoms with Gasteiger partial charge in [0.15, 0.2) is 0 Å². The highest BCUT2D eigenvalue weighted by Gasteiger charge is 2.51. The molecule has 1 saturated heterocycles. The van der Waals surface area contributed by atoms with E-state index in [1.54, 1.807) is 34.6 Å². The lowest BCUT2D eigenvalue weighted by Gasteiger charge is -2.34. The fraction of sp³-hybridized carbons (Fsp3) is 0.538. The number of ether oxygens (including phenoxy) is 2. The minimum Gasteiger partial charge on any atom is -0.444 e. The van der Waals surface area contributed by atoms with E-state index in [0.29, 0.717) is 6.04 Å². The summed E-state index contributed by atoms with van der Waals surface area (Å²) in [5, 5.41) is 3.36. The molecule has 1 aromatic carbocycles. The normalized spacial score (nSPS) is 20.3. The summed E-state index contributed by atoms with van der Waals surface area (Å²) >= 11 is 0. The van der Waals surface area contributed by atoms with Gasteiger partial charge in [0.05, 0.1) is 11.7 Å². The Balaban J connectivity index is 1.77. The Morgan fingerprint density at radius 3 is 2.33 bits per heavy atom. The van der Waals surface area contributed by atoms with Gasteiger partial charge in [0.2, 0.25) is 0 Å². The van der Waals surface area contributed by atoms with E-state index in [-0.39, 0.29) is 0 Å². The van der Waals surface area contributed by atoms with Crippen LogP contribution >= 0.6 is 0 Å². The molecular weight excluding hydrogens is 421 g/mol. The zero-order valence-corrected chi connectivity index (χ0v) is 20.7. The van der Waals surface area contributed by atoms with E-state index in [4.69, 9.17) is 9.47 Å². The minimum atomic E-state index is -0.994. The van der Waals surface area contributed by atoms with Crippen LogP contribution in [0.3, 0.4) is 0 Å². The smallest absolute Gasteiger partial charge is 0.413 e. The maximum atomic E-state index is 14.2. The maximum Gasteiger partial charge on any atom is 0.413 e. The number of hydrogen-bond acceptors (Lipinski definition) is 5. The summed E-state index contributed by atoms with van der Waals surface area (Å²) in [5.74, 6) is 0. The van der Waals surface area contributed by atoms with Crippen molar-refractivity contribution in [1.29, 1.82) is 0 Å². The van der Waals surface area contributed by atoms with Crippen molar-refractivity contribution in [2.45, 2.75) is 84.5 Å². The number of carbonyl (C=O) groups excluding carboxylic acids is 1. The third kappa shape index (κ3) is 6.09. The summed E-state index contributed by atoms with van der Waals surface area (Å²) in [5.41, 5.74) is 2.13. The van der Waals surface area contributed by atoms with E-state index in [1.165, 1.54) is 4.90 Å². The number of amides is 1. The lowest BCUT2D eigenvalue weighted by atomic mass is 9.99. The molecule has 1 aliphatic heterocycles. The first-order chi connectivity index (χ1) is 15.4. The van der Waals surface area contributed by atoms with Gasteiger partial charge in [0, 0.05) is 24.3 Å². The molecule has 0 unspecified atom stereocenters. The van der Waals surface area contributed by atoms with Crippen LogP contribution in [-0.4, -0.2) is 46.1 Å². The average Bonchev–Trinajstić information content (AvgIpc) is 3.02. The predicted octanol–water partition coefficient (Wildman–Crippen LogP) is 5.63. The number of aromatic nitrogens is 1. The topological polar surface area (TPSA) is 63.7 Å². The summed E-state index contributed by atoms with van der Waals surface area (Å²) in [4.78, 5) is 18.7. The molecular formula is C26H36FN3O3. The Hall–Kier alpha value is -2.51. The van der Waals surface area contributed by atoms with Crippen LogP contribution in [0.15, 0.2) is 42.6 Å². The largest absolute Gasteiger partial charge is 0.444 e. The number of carbonyl (C=O) groups is 1. The zero-order valence-electron chi connectivity index (χ0n) is 20.7. The molecule has 0 saturated carbocycles. The van der Waals surface area contributed by atoms with E-state index < -0.39 is 36.2 Å². The predicted molar refractivity (Wildman–Crippen MR) is 127 cm³/mol. The summed E-state index contributed by atoms with van der Waals surface area (Å²) in [6, 6.07) is 11.5. The molecule has 6 nitrogen and oxygen atoms in total. The molecule has 1 amide bonds. The van der Waals surface area contributed by atoms with Gasteiger partial charge in [-0.15, -0.1) is 0 Å². The molecule has 1 N–H and O–H groups in total. The number of benzene rings is 1. The van der Waals surface area contributed by atoms with Crippen LogP contribution in [0.25, 0.3) is 11.1 Å². The fourth-order valence-corrected chi connectivity index (χ4v) is 3.96. The number of hydrogen-bond donors (Lipinski definition) is 1. The molecule has 1 aromatic heterocycles. The van der Waals surface area contributed by atoms with Gasteiger partial charge in [0.25, 0.3) is 0 Å². The monoisotopic (exact) mass is 457 g/mol. The Labute approximate surface area is 196 Å². The summed E-state index contributed by atoms with van der Waals surface area (Å²) < 4.78 is 25.9. The Morgan fingerprint density at radius 1 is 1.18 bits per heavy atom. The lowest BCUT2D eigenvalue weighted by molar-refractivity contribution is -0.0797. The first-order valence-corrected chi connectivity index (χ1v) is 11.5. The van der Waals surface area contributed by atoms with Crippen molar-refractivity contribution in [2.24, 2.45) is 0 Å². The lowest BCUT2D eigenvalue weighted by Crippen LogP contribution is -2.50. The van der Waals surface area contributed by atoms with Gasteiger partial charge in [-0.25, -0.2) is 9.18 Å². The molecule has 3 rings (SSSR count). The van der Waals surface area contributed by atoms with E-state index in [0.717, 1.165) is 28.9 Å². The quantitative estimate of drug-likeness (QED) is 0.609. The maximum absolute atomic E-state index is 14.2. The number of rotatable bonds is 6. The first-order valence-electron chi connectivity index (χ1n) is 11.5. The molecule has 1 fully saturated rings. The van der Waals surface area contributed by atoms with Crippen LogP contribution in [0.2, 0.25) is 0 Å². The zero-order chi connectivity index (χ0) is 24.4. The van der Waals surface area contributed by atoms with Crippen molar-refractivity contribution < 1.29 is 18.7 Å². The van der Waals surface area contributed by atoms with Crippen molar-refractivity contribution in [1.82, 2.24) is 15.2 Å². The third-order valence-corrected chi connectivity index (χ3v) is 5.51. The second kappa shape index (κ2) is 9.77. The third-order valence-electron chi connectivity index (χ3n) is 5.51. The second-order valence-corrected chi connectivity index (χ2v) is 10.3. The van der Waals surface area contributed by atoms with Crippen LogP contribution in [0.1, 0.15) is 65.8 Å². The average molecular weight is 458 g/mol. The molecule has 0 aliphatic carbocycles. The Kier molecular flexibility index (Phi) is 7.44. The Bertz CT molecular complexity index is 937. The molecule has 180 valence electrons. The van der Waals surface area contributed by atoms with Crippen molar-refractivity contribution in [3.05, 3.63) is 53.9 Å². The second-order valence-electron chi connectivity index (χ2n) is 10.3. The van der Waals surface area contributed by atoms with E-state index in [2.05, 4.69) is 24.1 Å². The van der Waals surface area contributed by atoms with Crippen LogP contribution in [0, 0.1) is 0 Å². The molecule has 2 aromatic rings. The molecule has 0 radical (unpaired) electrons. The number of nitrogens with one attached hydrogen (secondary N) is 1. The molecule has 0 bridgehead atoms. The van der Waals surface area contributed by atoms with E-state index in [1.807, 2.05) is 42.6 Å². The molecule has 2 atom stereocenters. The molecule has 1 aliphatic rings. The Morgan fingerprint density at radius 2 is 1.82 bits per heavy atom. The van der Waals surface area contributed by atoms with Gasteiger partial charge in [-0.2, -0.15) is 0 Å². The number of alkyl halides is 1. The summed E-state index contributed by atoms with van der Waals surface area (Å²) in [6.07, 6.45) is 0.692. The van der Waals surface area contributed by atoms with Gasteiger partial charge in [0.1, 0.15) is 24.1 Å². The highest BCUT2D eigenvalue weighted by molar-refractivity contribution is 5.70. The number of halogens is 1. The number of nitrogens with zero attached hydrogens (tertiary/aromatic N) is 2. The summed E-state index contributed by atoms with van der Waals surface area (Å²) in [6.45, 7) is 13.1. The van der Waals surface area contributed by atoms with Gasteiger partial charge in [-0.05, 0) is 51.8 Å². The highest BCUT2D eigenvalue weighted by Crippen LogP contribution is 2.42. The van der Waals surface area contributed by atoms with Crippen LogP contribution < -0.4 is 5.32 Å². The van der Waals surface area contributed by atoms with Crippen molar-refractivity contribution in [3.8, 4) is 11.1 Å². The van der Waals surface area contributed by atoms with E-state index >= 15 is 0 Å². The number of pyridine rings is 1. The molecule has 33 heavy (non-hydrogen) atoms. The SMILES string of the molecule is CC(C)NCc1ccc(-c2ccc([C@H]3OC(C)(C)N(C(=O)OC(C)(C)C)[C@H]3CF)cc2)cn1. The fourth-order valence-electron chi connectivity index (χ4n) is 3.96. The molecule has 0 spiro atoms. The van der Waals surface area contributed by atoms with E-state index in [9.17, 15) is 9.18 Å². The first kappa shape index (κ1) is 25.1.